The van der Waals surface area contributed by atoms with Gasteiger partial charge in [-0.25, -0.2) is 4.79 Å². The second-order valence-corrected chi connectivity index (χ2v) is 7.08. The van der Waals surface area contributed by atoms with Gasteiger partial charge in [0.1, 0.15) is 0 Å². The molecule has 0 bridgehead atoms. The molecule has 1 aromatic carbocycles. The molecule has 144 valence electrons. The Morgan fingerprint density at radius 3 is 2.96 bits per heavy atom. The maximum Gasteiger partial charge on any atom is 0.412 e. The van der Waals surface area contributed by atoms with Gasteiger partial charge >= 0.3 is 6.09 Å². The summed E-state index contributed by atoms with van der Waals surface area (Å²) >= 11 is 6.13. The van der Waals surface area contributed by atoms with Crippen LogP contribution in [0.5, 0.6) is 11.5 Å². The van der Waals surface area contributed by atoms with E-state index in [0.29, 0.717) is 35.2 Å². The molecule has 8 heteroatoms. The number of fused-ring (bicyclic) bond motifs is 1. The number of likely N-dealkylation sites (tertiary alicyclic amines) is 1. The molecule has 0 unspecified atom stereocenters. The smallest absolute Gasteiger partial charge is 0.412 e. The number of anilines is 1. The van der Waals surface area contributed by atoms with Crippen LogP contribution in [-0.2, 0) is 11.2 Å². The molecule has 0 aromatic heterocycles. The summed E-state index contributed by atoms with van der Waals surface area (Å²) in [6.07, 6.45) is 3.01. The minimum Gasteiger partial charge on any atom is -0.489 e. The van der Waals surface area contributed by atoms with Crippen molar-refractivity contribution in [2.24, 2.45) is 0 Å². The van der Waals surface area contributed by atoms with Crippen LogP contribution in [0.15, 0.2) is 6.07 Å². The highest BCUT2D eigenvalue weighted by Crippen LogP contribution is 2.43. The number of nitrogens with zero attached hydrogens (tertiary/aromatic N) is 1. The van der Waals surface area contributed by atoms with Crippen LogP contribution in [0.3, 0.4) is 0 Å². The fourth-order valence-electron chi connectivity index (χ4n) is 3.44. The van der Waals surface area contributed by atoms with Crippen LogP contribution in [0.1, 0.15) is 24.8 Å². The number of nitrogens with two attached hydrogens (primary N) is 1. The monoisotopic (exact) mass is 383 g/mol. The molecule has 1 saturated heterocycles. The van der Waals surface area contributed by atoms with Crippen molar-refractivity contribution in [2.45, 2.75) is 31.7 Å². The maximum absolute atomic E-state index is 12.3. The zero-order valence-electron chi connectivity index (χ0n) is 15.1. The fourth-order valence-corrected chi connectivity index (χ4v) is 3.65. The largest absolute Gasteiger partial charge is 0.489 e. The lowest BCUT2D eigenvalue weighted by Crippen LogP contribution is -2.45. The van der Waals surface area contributed by atoms with Crippen molar-refractivity contribution in [3.63, 3.8) is 0 Å². The summed E-state index contributed by atoms with van der Waals surface area (Å²) in [4.78, 5) is 14.7. The van der Waals surface area contributed by atoms with Gasteiger partial charge in [-0.15, -0.1) is 0 Å². The number of ether oxygens (including phenoxy) is 3. The first-order chi connectivity index (χ1) is 12.6. The number of hydrogen-bond acceptors (Lipinski definition) is 6. The van der Waals surface area contributed by atoms with Gasteiger partial charge in [0.05, 0.1) is 17.3 Å². The Morgan fingerprint density at radius 1 is 1.46 bits per heavy atom. The second-order valence-electron chi connectivity index (χ2n) is 6.67. The minimum atomic E-state index is -0.485. The summed E-state index contributed by atoms with van der Waals surface area (Å²) in [5.41, 5.74) is 7.26. The van der Waals surface area contributed by atoms with Crippen LogP contribution < -0.4 is 20.5 Å². The average molecular weight is 384 g/mol. The van der Waals surface area contributed by atoms with E-state index in [-0.39, 0.29) is 6.04 Å². The van der Waals surface area contributed by atoms with E-state index in [1.165, 1.54) is 0 Å². The molecule has 3 rings (SSSR count). The molecular formula is C18H26ClN3O4. The second kappa shape index (κ2) is 8.79. The summed E-state index contributed by atoms with van der Waals surface area (Å²) in [6, 6.07) is 1.65. The minimum absolute atomic E-state index is 0.111. The van der Waals surface area contributed by atoms with Gasteiger partial charge in [0.25, 0.3) is 0 Å². The van der Waals surface area contributed by atoms with E-state index in [4.69, 9.17) is 31.5 Å². The summed E-state index contributed by atoms with van der Waals surface area (Å²) in [5.74, 6) is 0.848. The summed E-state index contributed by atoms with van der Waals surface area (Å²) in [5, 5.41) is 3.31. The number of methoxy groups -OCH3 is 1. The van der Waals surface area contributed by atoms with Gasteiger partial charge in [0.15, 0.2) is 11.5 Å². The zero-order valence-corrected chi connectivity index (χ0v) is 15.8. The molecule has 2 heterocycles. The van der Waals surface area contributed by atoms with Crippen molar-refractivity contribution in [1.82, 2.24) is 10.2 Å². The lowest BCUT2D eigenvalue weighted by Gasteiger charge is -2.32. The van der Waals surface area contributed by atoms with Crippen LogP contribution in [0.25, 0.3) is 0 Å². The third-order valence-corrected chi connectivity index (χ3v) is 5.18. The number of nitrogens with one attached hydrogen (secondary N) is 1. The lowest BCUT2D eigenvalue weighted by molar-refractivity contribution is 0.148. The van der Waals surface area contributed by atoms with Crippen LogP contribution in [0.4, 0.5) is 10.5 Å². The molecule has 0 radical (unpaired) electrons. The highest BCUT2D eigenvalue weighted by molar-refractivity contribution is 6.33. The Bertz CT molecular complexity index is 648. The molecular weight excluding hydrogens is 358 g/mol. The summed E-state index contributed by atoms with van der Waals surface area (Å²) in [6.45, 7) is 4.24. The molecule has 2 aliphatic heterocycles. The van der Waals surface area contributed by atoms with Crippen molar-refractivity contribution in [3.8, 4) is 11.5 Å². The van der Waals surface area contributed by atoms with Crippen LogP contribution >= 0.6 is 11.6 Å². The molecule has 0 saturated carbocycles. The molecule has 1 fully saturated rings. The number of amides is 1. The van der Waals surface area contributed by atoms with Gasteiger partial charge in [-0.1, -0.05) is 11.6 Å². The molecule has 1 amide bonds. The Kier molecular flexibility index (Phi) is 6.45. The standard InChI is InChI=1S/C18H26ClN3O4/c1-24-9-2-6-22-7-3-12(4-8-22)21-18(23)26-15-11-14(19)16(20)13-5-10-25-17(13)15/h11-12H,2-10,20H2,1H3,(H,21,23). The molecule has 0 atom stereocenters. The van der Waals surface area contributed by atoms with E-state index in [1.807, 2.05) is 0 Å². The number of piperidine rings is 1. The number of rotatable bonds is 6. The van der Waals surface area contributed by atoms with Crippen LogP contribution in [-0.4, -0.2) is 57.0 Å². The molecule has 26 heavy (non-hydrogen) atoms. The number of benzene rings is 1. The first-order valence-electron chi connectivity index (χ1n) is 9.01. The van der Waals surface area contributed by atoms with Crippen LogP contribution in [0, 0.1) is 0 Å². The van der Waals surface area contributed by atoms with E-state index in [1.54, 1.807) is 13.2 Å². The number of nitrogen functional groups attached to an aromatic ring is 1. The molecule has 0 spiro atoms. The Labute approximate surface area is 158 Å². The van der Waals surface area contributed by atoms with Crippen molar-refractivity contribution < 1.29 is 19.0 Å². The highest BCUT2D eigenvalue weighted by atomic mass is 35.5. The van der Waals surface area contributed by atoms with Crippen LogP contribution in [0.2, 0.25) is 5.02 Å². The molecule has 7 nitrogen and oxygen atoms in total. The topological polar surface area (TPSA) is 86.0 Å². The third-order valence-electron chi connectivity index (χ3n) is 4.87. The zero-order chi connectivity index (χ0) is 18.5. The quantitative estimate of drug-likeness (QED) is 0.579. The van der Waals surface area contributed by atoms with Gasteiger partial charge < -0.3 is 30.2 Å². The fraction of sp³-hybridized carbons (Fsp3) is 0.611. The number of carbonyl (C=O) groups excluding carboxylic acids is 1. The van der Waals surface area contributed by atoms with Gasteiger partial charge in [0, 0.05) is 57.4 Å². The first kappa shape index (κ1) is 19.1. The molecule has 0 aliphatic carbocycles. The average Bonchev–Trinajstić information content (AvgIpc) is 3.11. The normalized spacial score (nSPS) is 17.6. The molecule has 3 N–H and O–H groups in total. The predicted octanol–water partition coefficient (Wildman–Crippen LogP) is 2.45. The Hall–Kier alpha value is -1.70. The summed E-state index contributed by atoms with van der Waals surface area (Å²) in [7, 11) is 1.72. The SMILES string of the molecule is COCCCN1CCC(NC(=O)Oc2cc(Cl)c(N)c3c2OCC3)CC1. The number of carbonyl (C=O) groups is 1. The molecule has 1 aromatic rings. The van der Waals surface area contributed by atoms with Crippen molar-refractivity contribution in [2.75, 3.05) is 45.7 Å². The number of halogens is 1. The lowest BCUT2D eigenvalue weighted by atomic mass is 10.1. The maximum atomic E-state index is 12.3. The Balaban J connectivity index is 1.50. The van der Waals surface area contributed by atoms with Crippen molar-refractivity contribution in [1.29, 1.82) is 0 Å². The van der Waals surface area contributed by atoms with E-state index in [0.717, 1.165) is 51.1 Å². The van der Waals surface area contributed by atoms with Crippen molar-refractivity contribution >= 4 is 23.4 Å². The van der Waals surface area contributed by atoms with Gasteiger partial charge in [-0.3, -0.25) is 0 Å². The predicted molar refractivity (Wildman–Crippen MR) is 100 cm³/mol. The van der Waals surface area contributed by atoms with E-state index in [2.05, 4.69) is 10.2 Å². The van der Waals surface area contributed by atoms with E-state index < -0.39 is 6.09 Å². The molecule has 2 aliphatic rings. The van der Waals surface area contributed by atoms with E-state index >= 15 is 0 Å². The van der Waals surface area contributed by atoms with Gasteiger partial charge in [-0.2, -0.15) is 0 Å². The van der Waals surface area contributed by atoms with Gasteiger partial charge in [0.2, 0.25) is 0 Å². The first-order valence-corrected chi connectivity index (χ1v) is 9.39. The van der Waals surface area contributed by atoms with E-state index in [9.17, 15) is 4.79 Å². The highest BCUT2D eigenvalue weighted by Gasteiger charge is 2.26. The van der Waals surface area contributed by atoms with Gasteiger partial charge in [-0.05, 0) is 19.3 Å². The third kappa shape index (κ3) is 4.52. The Morgan fingerprint density at radius 2 is 2.23 bits per heavy atom. The summed E-state index contributed by atoms with van der Waals surface area (Å²) < 4.78 is 16.1. The van der Waals surface area contributed by atoms with Crippen molar-refractivity contribution in [3.05, 3.63) is 16.7 Å². The number of hydrogen-bond donors (Lipinski definition) is 2.